The van der Waals surface area contributed by atoms with Crippen LogP contribution in [0.3, 0.4) is 0 Å². The van der Waals surface area contributed by atoms with Crippen LogP contribution in [0.15, 0.2) is 9.69 Å². The zero-order chi connectivity index (χ0) is 13.2. The summed E-state index contributed by atoms with van der Waals surface area (Å²) in [7, 11) is -2.13. The summed E-state index contributed by atoms with van der Waals surface area (Å²) in [5, 5.41) is 9.58. The first-order valence-electron chi connectivity index (χ1n) is 4.92. The van der Waals surface area contributed by atoms with Gasteiger partial charge in [0.05, 0.1) is 6.61 Å². The van der Waals surface area contributed by atoms with Gasteiger partial charge in [-0.1, -0.05) is 0 Å². The highest BCUT2D eigenvalue weighted by Crippen LogP contribution is 2.22. The van der Waals surface area contributed by atoms with Crippen molar-refractivity contribution < 1.29 is 18.3 Å². The average molecular weight is 261 g/mol. The molecule has 7 heteroatoms. The minimum absolute atomic E-state index is 0.269. The van der Waals surface area contributed by atoms with Gasteiger partial charge in [-0.2, -0.15) is 0 Å². The maximum absolute atomic E-state index is 11.5. The molecule has 96 valence electrons. The molecule has 1 aromatic heterocycles. The highest BCUT2D eigenvalue weighted by molar-refractivity contribution is 7.90. The van der Waals surface area contributed by atoms with E-state index in [4.69, 9.17) is 4.74 Å². The van der Waals surface area contributed by atoms with Gasteiger partial charge in [0.15, 0.2) is 15.7 Å². The summed E-state index contributed by atoms with van der Waals surface area (Å²) < 4.78 is 27.8. The third kappa shape index (κ3) is 2.86. The van der Waals surface area contributed by atoms with E-state index in [1.807, 2.05) is 0 Å². The molecule has 0 atom stereocenters. The number of aromatic hydroxyl groups is 1. The zero-order valence-corrected chi connectivity index (χ0v) is 10.7. The van der Waals surface area contributed by atoms with Crippen molar-refractivity contribution in [2.24, 2.45) is 0 Å². The lowest BCUT2D eigenvalue weighted by atomic mass is 10.1. The minimum atomic E-state index is -3.62. The molecule has 1 rings (SSSR count). The smallest absolute Gasteiger partial charge is 0.269 e. The maximum atomic E-state index is 11.5. The number of aromatic amines is 1. The Morgan fingerprint density at radius 1 is 1.41 bits per heavy atom. The van der Waals surface area contributed by atoms with Crippen molar-refractivity contribution in [2.45, 2.75) is 18.2 Å². The van der Waals surface area contributed by atoms with E-state index in [0.717, 1.165) is 6.26 Å². The average Bonchev–Trinajstić information content (AvgIpc) is 2.14. The van der Waals surface area contributed by atoms with Crippen LogP contribution in [-0.4, -0.2) is 38.5 Å². The monoisotopic (exact) mass is 261 g/mol. The molecule has 0 spiro atoms. The van der Waals surface area contributed by atoms with Crippen molar-refractivity contribution in [3.63, 3.8) is 0 Å². The van der Waals surface area contributed by atoms with Gasteiger partial charge in [-0.05, 0) is 12.5 Å². The van der Waals surface area contributed by atoms with Crippen molar-refractivity contribution in [1.29, 1.82) is 0 Å². The van der Waals surface area contributed by atoms with Crippen LogP contribution >= 0.6 is 0 Å². The Kier molecular flexibility index (Phi) is 3.94. The molecular formula is C10H15NO5S. The first-order chi connectivity index (χ1) is 7.79. The Balaban J connectivity index is 3.49. The summed E-state index contributed by atoms with van der Waals surface area (Å²) in [6, 6.07) is 0. The van der Waals surface area contributed by atoms with E-state index in [9.17, 15) is 18.3 Å². The number of H-pyrrole nitrogens is 1. The first-order valence-corrected chi connectivity index (χ1v) is 6.82. The number of sulfone groups is 1. The Hall–Kier alpha value is -1.34. The topological polar surface area (TPSA) is 96.5 Å². The second-order valence-electron chi connectivity index (χ2n) is 3.75. The number of rotatable bonds is 4. The SMILES string of the molecule is COCCc1c(O)[nH]c(=O)c(S(C)(=O)=O)c1C. The van der Waals surface area contributed by atoms with E-state index in [0.29, 0.717) is 18.6 Å². The van der Waals surface area contributed by atoms with Gasteiger partial charge in [0.1, 0.15) is 4.90 Å². The van der Waals surface area contributed by atoms with E-state index in [1.54, 1.807) is 0 Å². The maximum Gasteiger partial charge on any atom is 0.269 e. The molecule has 0 saturated carbocycles. The van der Waals surface area contributed by atoms with E-state index >= 15 is 0 Å². The van der Waals surface area contributed by atoms with Gasteiger partial charge in [0.25, 0.3) is 5.56 Å². The summed E-state index contributed by atoms with van der Waals surface area (Å²) >= 11 is 0. The van der Waals surface area contributed by atoms with Gasteiger partial charge in [-0.15, -0.1) is 0 Å². The molecule has 6 nitrogen and oxygen atoms in total. The predicted octanol–water partition coefficient (Wildman–Crippen LogP) is -0.0187. The molecule has 1 heterocycles. The molecule has 0 unspecified atom stereocenters. The van der Waals surface area contributed by atoms with E-state index in [1.165, 1.54) is 14.0 Å². The van der Waals surface area contributed by atoms with Gasteiger partial charge in [0, 0.05) is 25.3 Å². The third-order valence-electron chi connectivity index (χ3n) is 2.44. The second kappa shape index (κ2) is 4.89. The Labute approximate surface area is 99.2 Å². The molecule has 2 N–H and O–H groups in total. The normalized spacial score (nSPS) is 11.7. The van der Waals surface area contributed by atoms with Gasteiger partial charge in [-0.25, -0.2) is 8.42 Å². The summed E-state index contributed by atoms with van der Waals surface area (Å²) in [6.45, 7) is 1.82. The lowest BCUT2D eigenvalue weighted by Crippen LogP contribution is -2.20. The fraction of sp³-hybridized carbons (Fsp3) is 0.500. The zero-order valence-electron chi connectivity index (χ0n) is 9.90. The first kappa shape index (κ1) is 13.7. The number of nitrogens with one attached hydrogen (secondary N) is 1. The van der Waals surface area contributed by atoms with Crippen LogP contribution < -0.4 is 5.56 Å². The van der Waals surface area contributed by atoms with Crippen molar-refractivity contribution in [3.05, 3.63) is 21.5 Å². The van der Waals surface area contributed by atoms with Crippen LogP contribution in [0.5, 0.6) is 5.88 Å². The molecule has 0 bridgehead atoms. The molecular weight excluding hydrogens is 246 g/mol. The largest absolute Gasteiger partial charge is 0.494 e. The molecule has 0 saturated heterocycles. The van der Waals surface area contributed by atoms with E-state index < -0.39 is 15.4 Å². The number of pyridine rings is 1. The number of hydrogen-bond donors (Lipinski definition) is 2. The van der Waals surface area contributed by atoms with Crippen LogP contribution in [-0.2, 0) is 21.0 Å². The van der Waals surface area contributed by atoms with Crippen molar-refractivity contribution in [2.75, 3.05) is 20.0 Å². The minimum Gasteiger partial charge on any atom is -0.494 e. The predicted molar refractivity (Wildman–Crippen MR) is 62.2 cm³/mol. The molecule has 0 aliphatic carbocycles. The van der Waals surface area contributed by atoms with Crippen LogP contribution in [0.4, 0.5) is 0 Å². The molecule has 0 amide bonds. The fourth-order valence-electron chi connectivity index (χ4n) is 1.68. The van der Waals surface area contributed by atoms with Gasteiger partial charge < -0.3 is 9.84 Å². The summed E-state index contributed by atoms with van der Waals surface area (Å²) in [5.74, 6) is -0.308. The fourth-order valence-corrected chi connectivity index (χ4v) is 2.75. The number of aromatic nitrogens is 1. The highest BCUT2D eigenvalue weighted by atomic mass is 32.2. The van der Waals surface area contributed by atoms with Crippen molar-refractivity contribution in [3.8, 4) is 5.88 Å². The Morgan fingerprint density at radius 2 is 2.00 bits per heavy atom. The van der Waals surface area contributed by atoms with Crippen LogP contribution in [0.25, 0.3) is 0 Å². The lowest BCUT2D eigenvalue weighted by molar-refractivity contribution is 0.201. The highest BCUT2D eigenvalue weighted by Gasteiger charge is 2.21. The lowest BCUT2D eigenvalue weighted by Gasteiger charge is -2.10. The molecule has 0 aromatic carbocycles. The summed E-state index contributed by atoms with van der Waals surface area (Å²) in [4.78, 5) is 13.3. The quantitative estimate of drug-likeness (QED) is 0.794. The Bertz CT molecular complexity index is 573. The number of hydrogen-bond acceptors (Lipinski definition) is 5. The molecule has 0 fully saturated rings. The second-order valence-corrected chi connectivity index (χ2v) is 5.70. The number of methoxy groups -OCH3 is 1. The third-order valence-corrected chi connectivity index (χ3v) is 3.68. The molecule has 0 aliphatic rings. The summed E-state index contributed by atoms with van der Waals surface area (Å²) in [5.41, 5.74) is -0.152. The van der Waals surface area contributed by atoms with E-state index in [2.05, 4.69) is 4.98 Å². The van der Waals surface area contributed by atoms with Crippen LogP contribution in [0.1, 0.15) is 11.1 Å². The molecule has 0 radical (unpaired) electrons. The standard InChI is InChI=1S/C10H15NO5S/c1-6-7(4-5-16-2)9(12)11-10(13)8(6)17(3,14)15/h4-5H2,1-3H3,(H2,11,12,13). The van der Waals surface area contributed by atoms with Gasteiger partial charge in [0.2, 0.25) is 0 Å². The molecule has 1 aromatic rings. The van der Waals surface area contributed by atoms with Crippen molar-refractivity contribution >= 4 is 9.84 Å². The van der Waals surface area contributed by atoms with Crippen LogP contribution in [0, 0.1) is 6.92 Å². The summed E-state index contributed by atoms with van der Waals surface area (Å²) in [6.07, 6.45) is 1.29. The molecule has 17 heavy (non-hydrogen) atoms. The van der Waals surface area contributed by atoms with Gasteiger partial charge >= 0.3 is 0 Å². The molecule has 0 aliphatic heterocycles. The number of ether oxygens (including phenoxy) is 1. The van der Waals surface area contributed by atoms with Gasteiger partial charge in [-0.3, -0.25) is 9.78 Å². The van der Waals surface area contributed by atoms with Crippen LogP contribution in [0.2, 0.25) is 0 Å². The Morgan fingerprint density at radius 3 is 2.47 bits per heavy atom. The van der Waals surface area contributed by atoms with Crippen molar-refractivity contribution in [1.82, 2.24) is 4.98 Å². The van der Waals surface area contributed by atoms with E-state index in [-0.39, 0.29) is 16.3 Å².